The minimum absolute atomic E-state index is 0.375. The Bertz CT molecular complexity index is 569. The monoisotopic (exact) mass is 217 g/mol. The van der Waals surface area contributed by atoms with Crippen LogP contribution in [0.4, 0.5) is 0 Å². The number of carbonyl (C=O) groups is 2. The first kappa shape index (κ1) is 10.6. The molecule has 2 aromatic rings. The number of rotatable bonds is 3. The van der Waals surface area contributed by atoms with Gasteiger partial charge in [0.05, 0.1) is 11.2 Å². The average Bonchev–Trinajstić information content (AvgIpc) is 2.60. The van der Waals surface area contributed by atoms with E-state index in [0.29, 0.717) is 22.3 Å². The number of aliphatic hydroxyl groups excluding tert-OH is 1. The third-order valence-electron chi connectivity index (χ3n) is 2.66. The first-order valence-corrected chi connectivity index (χ1v) is 4.89. The van der Waals surface area contributed by atoms with Gasteiger partial charge < -0.3 is 9.51 Å². The molecule has 16 heavy (non-hydrogen) atoms. The molecule has 0 atom stereocenters. The summed E-state index contributed by atoms with van der Waals surface area (Å²) in [6, 6.07) is 5.34. The maximum atomic E-state index is 11.6. The Hall–Kier alpha value is -1.94. The number of aldehydes is 1. The van der Waals surface area contributed by atoms with Gasteiger partial charge >= 0.3 is 0 Å². The quantitative estimate of drug-likeness (QED) is 0.621. The first-order valence-electron chi connectivity index (χ1n) is 4.89. The summed E-state index contributed by atoms with van der Waals surface area (Å²) in [6.07, 6.45) is 2.44. The highest BCUT2D eigenvalue weighted by molar-refractivity contribution is 6.02. The molecule has 0 saturated carbocycles. The highest BCUT2D eigenvalue weighted by Gasteiger charge is 2.18. The summed E-state index contributed by atoms with van der Waals surface area (Å²) in [5.74, 6) is -0.383. The lowest BCUT2D eigenvalue weighted by molar-refractivity contribution is 0.0897. The number of hydrogen-bond acceptors (Lipinski definition) is 3. The lowest BCUT2D eigenvalue weighted by Gasteiger charge is -2.00. The van der Waals surface area contributed by atoms with Crippen LogP contribution in [0.2, 0.25) is 0 Å². The molecular weight excluding hydrogens is 206 g/mol. The largest absolute Gasteiger partial charge is 0.388 e. The first-order chi connectivity index (χ1) is 7.70. The van der Waals surface area contributed by atoms with E-state index in [9.17, 15) is 9.59 Å². The number of nitrogens with zero attached hydrogens (tertiary/aromatic N) is 1. The molecule has 4 heteroatoms. The van der Waals surface area contributed by atoms with E-state index in [1.807, 2.05) is 0 Å². The lowest BCUT2D eigenvalue weighted by Crippen LogP contribution is -2.09. The van der Waals surface area contributed by atoms with Crippen molar-refractivity contribution in [1.29, 1.82) is 0 Å². The molecule has 0 aliphatic rings. The predicted molar refractivity (Wildman–Crippen MR) is 58.9 cm³/mol. The minimum atomic E-state index is -0.555. The molecule has 0 amide bonds. The van der Waals surface area contributed by atoms with Gasteiger partial charge in [0.25, 0.3) is 0 Å². The number of aliphatic hydroxyl groups is 1. The Labute approximate surface area is 92.1 Å². The number of carbonyl (C=O) groups excluding carboxylic acids is 2. The standard InChI is InChI=1S/C12H11NO3/c1-8-9(6-14)10-4-2-3-5-13(10)12(8)11(16)7-15/h2-6,15H,7H2,1H3. The maximum absolute atomic E-state index is 11.6. The molecule has 4 nitrogen and oxygen atoms in total. The summed E-state index contributed by atoms with van der Waals surface area (Å²) in [5.41, 5.74) is 2.17. The van der Waals surface area contributed by atoms with Crippen molar-refractivity contribution in [2.45, 2.75) is 6.92 Å². The van der Waals surface area contributed by atoms with E-state index in [1.165, 1.54) is 0 Å². The van der Waals surface area contributed by atoms with Crippen molar-refractivity contribution in [3.63, 3.8) is 0 Å². The van der Waals surface area contributed by atoms with Crippen LogP contribution in [-0.4, -0.2) is 28.2 Å². The summed E-state index contributed by atoms with van der Waals surface area (Å²) in [4.78, 5) is 22.6. The number of pyridine rings is 1. The van der Waals surface area contributed by atoms with Gasteiger partial charge in [-0.2, -0.15) is 0 Å². The van der Waals surface area contributed by atoms with Crippen LogP contribution in [0.1, 0.15) is 26.4 Å². The summed E-state index contributed by atoms with van der Waals surface area (Å²) >= 11 is 0. The number of fused-ring (bicyclic) bond motifs is 1. The van der Waals surface area contributed by atoms with Crippen molar-refractivity contribution in [3.8, 4) is 0 Å². The summed E-state index contributed by atoms with van der Waals surface area (Å²) < 4.78 is 1.64. The second-order valence-electron chi connectivity index (χ2n) is 3.54. The fourth-order valence-electron chi connectivity index (χ4n) is 1.93. The molecule has 0 aromatic carbocycles. The molecule has 0 spiro atoms. The van der Waals surface area contributed by atoms with Crippen LogP contribution in [0.25, 0.3) is 5.52 Å². The Morgan fingerprint density at radius 1 is 1.50 bits per heavy atom. The van der Waals surface area contributed by atoms with Gasteiger partial charge in [-0.05, 0) is 24.6 Å². The number of aromatic nitrogens is 1. The Balaban J connectivity index is 2.87. The Morgan fingerprint density at radius 3 is 2.88 bits per heavy atom. The van der Waals surface area contributed by atoms with Crippen LogP contribution in [0.5, 0.6) is 0 Å². The highest BCUT2D eigenvalue weighted by Crippen LogP contribution is 2.21. The van der Waals surface area contributed by atoms with Crippen molar-refractivity contribution in [3.05, 3.63) is 41.2 Å². The zero-order chi connectivity index (χ0) is 11.7. The summed E-state index contributed by atoms with van der Waals surface area (Å²) in [5, 5.41) is 8.90. The number of ketones is 1. The molecule has 0 fully saturated rings. The van der Waals surface area contributed by atoms with E-state index < -0.39 is 6.61 Å². The van der Waals surface area contributed by atoms with Gasteiger partial charge in [-0.15, -0.1) is 0 Å². The minimum Gasteiger partial charge on any atom is -0.388 e. The fraction of sp³-hybridized carbons (Fsp3) is 0.167. The Morgan fingerprint density at radius 2 is 2.25 bits per heavy atom. The molecule has 0 radical (unpaired) electrons. The molecule has 2 rings (SSSR count). The highest BCUT2D eigenvalue weighted by atomic mass is 16.3. The van der Waals surface area contributed by atoms with Gasteiger partial charge in [0.15, 0.2) is 6.29 Å². The van der Waals surface area contributed by atoms with Gasteiger partial charge in [-0.1, -0.05) is 6.07 Å². The fourth-order valence-corrected chi connectivity index (χ4v) is 1.93. The number of Topliss-reactive ketones (excluding diaryl/α,β-unsaturated/α-hetero) is 1. The normalized spacial score (nSPS) is 10.6. The molecule has 0 unspecified atom stereocenters. The molecule has 0 saturated heterocycles. The molecule has 1 N–H and O–H groups in total. The molecule has 2 heterocycles. The van der Waals surface area contributed by atoms with Gasteiger partial charge in [0, 0.05) is 11.8 Å². The van der Waals surface area contributed by atoms with E-state index in [1.54, 1.807) is 35.7 Å². The van der Waals surface area contributed by atoms with E-state index in [2.05, 4.69) is 0 Å². The molecule has 0 aliphatic carbocycles. The maximum Gasteiger partial charge on any atom is 0.205 e. The van der Waals surface area contributed by atoms with Crippen molar-refractivity contribution >= 4 is 17.6 Å². The van der Waals surface area contributed by atoms with Crippen LogP contribution < -0.4 is 0 Å². The zero-order valence-electron chi connectivity index (χ0n) is 8.80. The lowest BCUT2D eigenvalue weighted by atomic mass is 10.1. The van der Waals surface area contributed by atoms with Crippen molar-refractivity contribution < 1.29 is 14.7 Å². The van der Waals surface area contributed by atoms with E-state index in [-0.39, 0.29) is 5.78 Å². The van der Waals surface area contributed by atoms with Gasteiger partial charge in [-0.3, -0.25) is 9.59 Å². The molecule has 2 aromatic heterocycles. The van der Waals surface area contributed by atoms with Crippen LogP contribution >= 0.6 is 0 Å². The molecular formula is C12H11NO3. The third kappa shape index (κ3) is 1.35. The van der Waals surface area contributed by atoms with E-state index >= 15 is 0 Å². The smallest absolute Gasteiger partial charge is 0.205 e. The predicted octanol–water partition coefficient (Wildman–Crippen LogP) is 1.24. The third-order valence-corrected chi connectivity index (χ3v) is 2.66. The van der Waals surface area contributed by atoms with Crippen LogP contribution in [0.15, 0.2) is 24.4 Å². The average molecular weight is 217 g/mol. The van der Waals surface area contributed by atoms with Gasteiger partial charge in [-0.25, -0.2) is 0 Å². The second kappa shape index (κ2) is 3.90. The van der Waals surface area contributed by atoms with Crippen LogP contribution in [-0.2, 0) is 0 Å². The van der Waals surface area contributed by atoms with Gasteiger partial charge in [0.2, 0.25) is 5.78 Å². The van der Waals surface area contributed by atoms with Crippen LogP contribution in [0.3, 0.4) is 0 Å². The van der Waals surface area contributed by atoms with Crippen LogP contribution in [0, 0.1) is 6.92 Å². The second-order valence-corrected chi connectivity index (χ2v) is 3.54. The molecule has 0 bridgehead atoms. The zero-order valence-corrected chi connectivity index (χ0v) is 8.80. The molecule has 0 aliphatic heterocycles. The summed E-state index contributed by atoms with van der Waals surface area (Å²) in [7, 11) is 0. The number of hydrogen-bond donors (Lipinski definition) is 1. The van der Waals surface area contributed by atoms with Gasteiger partial charge in [0.1, 0.15) is 6.61 Å². The van der Waals surface area contributed by atoms with Crippen molar-refractivity contribution in [2.24, 2.45) is 0 Å². The van der Waals surface area contributed by atoms with Crippen molar-refractivity contribution in [1.82, 2.24) is 4.40 Å². The topological polar surface area (TPSA) is 58.8 Å². The molecule has 82 valence electrons. The van der Waals surface area contributed by atoms with E-state index in [4.69, 9.17) is 5.11 Å². The van der Waals surface area contributed by atoms with Crippen molar-refractivity contribution in [2.75, 3.05) is 6.61 Å². The van der Waals surface area contributed by atoms with E-state index in [0.717, 1.165) is 6.29 Å². The Kier molecular flexibility index (Phi) is 2.58. The SMILES string of the molecule is Cc1c(C=O)c2ccccn2c1C(=O)CO. The summed E-state index contributed by atoms with van der Waals surface area (Å²) in [6.45, 7) is 1.15.